The molecule has 0 bridgehead atoms. The summed E-state index contributed by atoms with van der Waals surface area (Å²) in [5.41, 5.74) is 12.2. The van der Waals surface area contributed by atoms with Gasteiger partial charge in [0.1, 0.15) is 0 Å². The lowest BCUT2D eigenvalue weighted by Gasteiger charge is -2.08. The van der Waals surface area contributed by atoms with Crippen LogP contribution in [0.4, 0.5) is 11.4 Å². The molecule has 3 N–H and O–H groups in total. The number of amides is 1. The van der Waals surface area contributed by atoms with Gasteiger partial charge in [0.2, 0.25) is 0 Å². The van der Waals surface area contributed by atoms with Gasteiger partial charge in [0.05, 0.1) is 17.1 Å². The van der Waals surface area contributed by atoms with E-state index >= 15 is 0 Å². The first-order chi connectivity index (χ1) is 12.0. The number of nitrogens with one attached hydrogen (secondary N) is 1. The molecule has 3 rings (SSSR count). The van der Waals surface area contributed by atoms with Crippen molar-refractivity contribution >= 4 is 17.3 Å². The minimum absolute atomic E-state index is 0.168. The van der Waals surface area contributed by atoms with Gasteiger partial charge < -0.3 is 11.1 Å². The van der Waals surface area contributed by atoms with Crippen molar-refractivity contribution < 1.29 is 4.79 Å². The smallest absolute Gasteiger partial charge is 0.255 e. The predicted octanol–water partition coefficient (Wildman–Crippen LogP) is 3.46. The zero-order valence-electron chi connectivity index (χ0n) is 14.7. The molecule has 0 radical (unpaired) electrons. The monoisotopic (exact) mass is 334 g/mol. The molecular weight excluding hydrogens is 312 g/mol. The molecule has 0 fully saturated rings. The Morgan fingerprint density at radius 3 is 2.40 bits per heavy atom. The number of carbonyl (C=O) groups is 1. The van der Waals surface area contributed by atoms with Crippen LogP contribution in [0.15, 0.2) is 48.5 Å². The molecule has 0 atom stereocenters. The average molecular weight is 334 g/mol. The van der Waals surface area contributed by atoms with Crippen molar-refractivity contribution in [2.24, 2.45) is 7.05 Å². The lowest BCUT2D eigenvalue weighted by atomic mass is 10.0. The molecule has 0 unspecified atom stereocenters. The van der Waals surface area contributed by atoms with Gasteiger partial charge in [-0.15, -0.1) is 0 Å². The van der Waals surface area contributed by atoms with Gasteiger partial charge in [0.25, 0.3) is 5.91 Å². The van der Waals surface area contributed by atoms with Gasteiger partial charge in [0, 0.05) is 30.3 Å². The fraction of sp³-hybridized carbons (Fsp3) is 0.200. The van der Waals surface area contributed by atoms with E-state index < -0.39 is 0 Å². The van der Waals surface area contributed by atoms with Gasteiger partial charge >= 0.3 is 0 Å². The number of anilines is 2. The zero-order chi connectivity index (χ0) is 18.0. The Hall–Kier alpha value is -3.08. The summed E-state index contributed by atoms with van der Waals surface area (Å²) < 4.78 is 1.90. The van der Waals surface area contributed by atoms with Crippen molar-refractivity contribution in [1.29, 1.82) is 0 Å². The summed E-state index contributed by atoms with van der Waals surface area (Å²) in [6.45, 7) is 4.09. The number of aromatic nitrogens is 2. The molecule has 1 heterocycles. The van der Waals surface area contributed by atoms with E-state index in [-0.39, 0.29) is 5.91 Å². The van der Waals surface area contributed by atoms with Crippen LogP contribution >= 0.6 is 0 Å². The number of aryl methyl sites for hydroxylation is 2. The fourth-order valence-electron chi connectivity index (χ4n) is 2.86. The van der Waals surface area contributed by atoms with Gasteiger partial charge in [-0.05, 0) is 43.7 Å². The third kappa shape index (κ3) is 3.55. The first kappa shape index (κ1) is 16.8. The SMILES string of the molecule is Cc1nn(C)c(C)c1Cc1ccc(C(=O)Nc2ccccc2N)cc1. The number of benzene rings is 2. The second kappa shape index (κ2) is 6.81. The Kier molecular flexibility index (Phi) is 4.57. The molecule has 1 amide bonds. The molecular formula is C20H22N4O. The maximum absolute atomic E-state index is 12.4. The number of para-hydroxylation sites is 2. The van der Waals surface area contributed by atoms with E-state index in [1.54, 1.807) is 12.1 Å². The van der Waals surface area contributed by atoms with E-state index in [4.69, 9.17) is 5.73 Å². The highest BCUT2D eigenvalue weighted by molar-refractivity contribution is 6.05. The number of nitrogens with zero attached hydrogens (tertiary/aromatic N) is 2. The standard InChI is InChI=1S/C20H22N4O/c1-13-17(14(2)24(3)23-13)12-15-8-10-16(11-9-15)20(25)22-19-7-5-4-6-18(19)21/h4-11H,12,21H2,1-3H3,(H,22,25). The lowest BCUT2D eigenvalue weighted by Crippen LogP contribution is -2.13. The first-order valence-corrected chi connectivity index (χ1v) is 8.19. The number of nitrogens with two attached hydrogens (primary N) is 1. The van der Waals surface area contributed by atoms with E-state index in [9.17, 15) is 4.79 Å². The van der Waals surface area contributed by atoms with Crippen LogP contribution in [0.25, 0.3) is 0 Å². The Balaban J connectivity index is 1.74. The Labute approximate surface area is 147 Å². The highest BCUT2D eigenvalue weighted by Crippen LogP contribution is 2.20. The van der Waals surface area contributed by atoms with Crippen LogP contribution in [0, 0.1) is 13.8 Å². The molecule has 0 saturated heterocycles. The van der Waals surface area contributed by atoms with Crippen molar-refractivity contribution in [3.05, 3.63) is 76.6 Å². The predicted molar refractivity (Wildman–Crippen MR) is 101 cm³/mol. The van der Waals surface area contributed by atoms with Crippen LogP contribution in [0.5, 0.6) is 0 Å². The zero-order valence-corrected chi connectivity index (χ0v) is 14.7. The molecule has 0 spiro atoms. The topological polar surface area (TPSA) is 72.9 Å². The van der Waals surface area contributed by atoms with Crippen molar-refractivity contribution in [1.82, 2.24) is 9.78 Å². The molecule has 2 aromatic carbocycles. The van der Waals surface area contributed by atoms with Crippen molar-refractivity contribution in [2.75, 3.05) is 11.1 Å². The van der Waals surface area contributed by atoms with E-state index in [0.29, 0.717) is 16.9 Å². The quantitative estimate of drug-likeness (QED) is 0.718. The normalized spacial score (nSPS) is 10.7. The van der Waals surface area contributed by atoms with Crippen LogP contribution in [0.2, 0.25) is 0 Å². The fourth-order valence-corrected chi connectivity index (χ4v) is 2.86. The van der Waals surface area contributed by atoms with E-state index in [0.717, 1.165) is 17.7 Å². The molecule has 0 aliphatic carbocycles. The third-order valence-corrected chi connectivity index (χ3v) is 4.46. The Bertz CT molecular complexity index is 910. The number of rotatable bonds is 4. The first-order valence-electron chi connectivity index (χ1n) is 8.19. The molecule has 0 aliphatic heterocycles. The minimum Gasteiger partial charge on any atom is -0.397 e. The van der Waals surface area contributed by atoms with Gasteiger partial charge in [-0.25, -0.2) is 0 Å². The summed E-state index contributed by atoms with van der Waals surface area (Å²) in [6.07, 6.45) is 0.805. The van der Waals surface area contributed by atoms with Crippen molar-refractivity contribution in [3.63, 3.8) is 0 Å². The average Bonchev–Trinajstić information content (AvgIpc) is 2.84. The highest BCUT2D eigenvalue weighted by atomic mass is 16.1. The summed E-state index contributed by atoms with van der Waals surface area (Å²) in [5.74, 6) is -0.168. The van der Waals surface area contributed by atoms with Crippen LogP contribution in [0.1, 0.15) is 32.9 Å². The lowest BCUT2D eigenvalue weighted by molar-refractivity contribution is 0.102. The number of hydrogen-bond donors (Lipinski definition) is 2. The molecule has 1 aromatic heterocycles. The number of hydrogen-bond acceptors (Lipinski definition) is 3. The molecule has 0 aliphatic rings. The second-order valence-corrected chi connectivity index (χ2v) is 6.19. The highest BCUT2D eigenvalue weighted by Gasteiger charge is 2.11. The van der Waals surface area contributed by atoms with Crippen molar-refractivity contribution in [2.45, 2.75) is 20.3 Å². The summed E-state index contributed by atoms with van der Waals surface area (Å²) in [5, 5.41) is 7.29. The second-order valence-electron chi connectivity index (χ2n) is 6.19. The van der Waals surface area contributed by atoms with Crippen LogP contribution in [0.3, 0.4) is 0 Å². The minimum atomic E-state index is -0.168. The maximum Gasteiger partial charge on any atom is 0.255 e. The summed E-state index contributed by atoms with van der Waals surface area (Å²) in [7, 11) is 1.95. The molecule has 5 nitrogen and oxygen atoms in total. The van der Waals surface area contributed by atoms with Crippen molar-refractivity contribution in [3.8, 4) is 0 Å². The van der Waals surface area contributed by atoms with E-state index in [1.807, 2.05) is 55.1 Å². The van der Waals surface area contributed by atoms with Gasteiger partial charge in [-0.1, -0.05) is 24.3 Å². The van der Waals surface area contributed by atoms with Crippen LogP contribution in [-0.4, -0.2) is 15.7 Å². The molecule has 128 valence electrons. The summed E-state index contributed by atoms with van der Waals surface area (Å²) >= 11 is 0. The summed E-state index contributed by atoms with van der Waals surface area (Å²) in [6, 6.07) is 14.9. The number of carbonyl (C=O) groups excluding carboxylic acids is 1. The van der Waals surface area contributed by atoms with Gasteiger partial charge in [-0.3, -0.25) is 9.48 Å². The molecule has 25 heavy (non-hydrogen) atoms. The van der Waals surface area contributed by atoms with E-state index in [1.165, 1.54) is 11.3 Å². The summed E-state index contributed by atoms with van der Waals surface area (Å²) in [4.78, 5) is 12.4. The molecule has 5 heteroatoms. The Morgan fingerprint density at radius 1 is 1.12 bits per heavy atom. The molecule has 3 aromatic rings. The Morgan fingerprint density at radius 2 is 1.80 bits per heavy atom. The van der Waals surface area contributed by atoms with Crippen LogP contribution < -0.4 is 11.1 Å². The third-order valence-electron chi connectivity index (χ3n) is 4.46. The van der Waals surface area contributed by atoms with Gasteiger partial charge in [0.15, 0.2) is 0 Å². The molecule has 0 saturated carbocycles. The largest absolute Gasteiger partial charge is 0.397 e. The van der Waals surface area contributed by atoms with Crippen LogP contribution in [-0.2, 0) is 13.5 Å². The maximum atomic E-state index is 12.4. The van der Waals surface area contributed by atoms with Gasteiger partial charge in [-0.2, -0.15) is 5.10 Å². The van der Waals surface area contributed by atoms with E-state index in [2.05, 4.69) is 17.3 Å². The number of nitrogen functional groups attached to an aromatic ring is 1.